The first-order valence-electron chi connectivity index (χ1n) is 11.2. The zero-order chi connectivity index (χ0) is 24.0. The van der Waals surface area contributed by atoms with E-state index in [2.05, 4.69) is 16.7 Å². The molecule has 0 radical (unpaired) electrons. The van der Waals surface area contributed by atoms with E-state index in [1.807, 2.05) is 37.5 Å². The first-order valence-corrected chi connectivity index (χ1v) is 11.2. The lowest BCUT2D eigenvalue weighted by molar-refractivity contribution is -0.147. The number of ether oxygens (including phenoxy) is 1. The van der Waals surface area contributed by atoms with Crippen LogP contribution in [0.4, 0.5) is 5.82 Å². The minimum absolute atomic E-state index is 0.0506. The normalized spacial score (nSPS) is 13.4. The number of anilines is 1. The van der Waals surface area contributed by atoms with Crippen molar-refractivity contribution in [2.24, 2.45) is 0 Å². The highest BCUT2D eigenvalue weighted by molar-refractivity contribution is 5.96. The predicted molar refractivity (Wildman–Crippen MR) is 124 cm³/mol. The van der Waals surface area contributed by atoms with Crippen LogP contribution < -0.4 is 10.6 Å². The third-order valence-corrected chi connectivity index (χ3v) is 6.18. The maximum absolute atomic E-state index is 12.5. The highest BCUT2D eigenvalue weighted by Crippen LogP contribution is 2.37. The molecular weight excluding hydrogens is 420 g/mol. The van der Waals surface area contributed by atoms with Crippen molar-refractivity contribution >= 4 is 23.6 Å². The number of esters is 1. The summed E-state index contributed by atoms with van der Waals surface area (Å²) in [6.07, 6.45) is 4.20. The Hall–Kier alpha value is -3.60. The molecule has 0 atom stereocenters. The van der Waals surface area contributed by atoms with E-state index in [1.165, 1.54) is 0 Å². The molecule has 0 spiro atoms. The molecule has 33 heavy (non-hydrogen) atoms. The zero-order valence-electron chi connectivity index (χ0n) is 19.4. The minimum atomic E-state index is -0.589. The van der Waals surface area contributed by atoms with Crippen LogP contribution in [-0.2, 0) is 14.3 Å². The number of carbonyl (C=O) groups excluding carboxylic acids is 3. The number of aromatic nitrogens is 1. The Labute approximate surface area is 193 Å². The van der Waals surface area contributed by atoms with Crippen LogP contribution in [0.3, 0.4) is 0 Å². The number of hydrogen-bond acceptors (Lipinski definition) is 5. The van der Waals surface area contributed by atoms with Crippen LogP contribution in [0.1, 0.15) is 70.9 Å². The van der Waals surface area contributed by atoms with E-state index >= 15 is 0 Å². The van der Waals surface area contributed by atoms with Gasteiger partial charge in [-0.1, -0.05) is 31.0 Å². The molecule has 1 aliphatic rings. The molecule has 1 aromatic heterocycles. The summed E-state index contributed by atoms with van der Waals surface area (Å²) in [5.41, 5.74) is 3.66. The molecule has 174 valence electrons. The fourth-order valence-electron chi connectivity index (χ4n) is 4.29. The van der Waals surface area contributed by atoms with Gasteiger partial charge in [0.2, 0.25) is 0 Å². The number of carbonyl (C=O) groups is 3. The van der Waals surface area contributed by atoms with Gasteiger partial charge in [0.15, 0.2) is 6.61 Å². The number of rotatable bonds is 8. The Balaban J connectivity index is 1.52. The Morgan fingerprint density at radius 2 is 1.85 bits per heavy atom. The summed E-state index contributed by atoms with van der Waals surface area (Å²) in [4.78, 5) is 36.7. The molecule has 8 heteroatoms. The molecular formula is C25H30N4O4. The number of amides is 2. The van der Waals surface area contributed by atoms with Gasteiger partial charge in [-0.15, -0.1) is 0 Å². The van der Waals surface area contributed by atoms with Crippen molar-refractivity contribution in [1.29, 1.82) is 5.26 Å². The average molecular weight is 451 g/mol. The van der Waals surface area contributed by atoms with Crippen LogP contribution in [0.15, 0.2) is 24.3 Å². The van der Waals surface area contributed by atoms with Crippen LogP contribution >= 0.6 is 0 Å². The number of benzene rings is 1. The lowest BCUT2D eigenvalue weighted by atomic mass is 10.1. The maximum Gasteiger partial charge on any atom is 0.308 e. The van der Waals surface area contributed by atoms with Gasteiger partial charge in [-0.2, -0.15) is 5.26 Å². The maximum atomic E-state index is 12.5. The molecule has 0 bridgehead atoms. The second-order valence-corrected chi connectivity index (χ2v) is 8.38. The van der Waals surface area contributed by atoms with Crippen molar-refractivity contribution in [1.82, 2.24) is 9.88 Å². The molecule has 2 aromatic rings. The highest BCUT2D eigenvalue weighted by Gasteiger charge is 2.26. The topological polar surface area (TPSA) is 113 Å². The third kappa shape index (κ3) is 5.61. The molecule has 0 aliphatic heterocycles. The SMILES string of the molecule is Cc1ccccc1C(=O)NCCC(=O)OCC(=O)Nc1c(C#N)c(C)c(C)n1C1CCCC1. The summed E-state index contributed by atoms with van der Waals surface area (Å²) < 4.78 is 7.11. The van der Waals surface area contributed by atoms with E-state index in [-0.39, 0.29) is 24.9 Å². The average Bonchev–Trinajstić information content (AvgIpc) is 3.39. The second-order valence-electron chi connectivity index (χ2n) is 8.38. The summed E-state index contributed by atoms with van der Waals surface area (Å²) in [7, 11) is 0. The molecule has 2 amide bonds. The smallest absolute Gasteiger partial charge is 0.308 e. The Morgan fingerprint density at radius 1 is 1.15 bits per heavy atom. The van der Waals surface area contributed by atoms with E-state index in [0.717, 1.165) is 42.5 Å². The lowest BCUT2D eigenvalue weighted by Crippen LogP contribution is -2.28. The van der Waals surface area contributed by atoms with Gasteiger partial charge >= 0.3 is 5.97 Å². The highest BCUT2D eigenvalue weighted by atomic mass is 16.5. The van der Waals surface area contributed by atoms with Gasteiger partial charge < -0.3 is 19.9 Å². The minimum Gasteiger partial charge on any atom is -0.456 e. The number of hydrogen-bond donors (Lipinski definition) is 2. The fraction of sp³-hybridized carbons (Fsp3) is 0.440. The number of nitriles is 1. The third-order valence-electron chi connectivity index (χ3n) is 6.18. The fourth-order valence-corrected chi connectivity index (χ4v) is 4.29. The van der Waals surface area contributed by atoms with Gasteiger partial charge in [0, 0.05) is 23.8 Å². The van der Waals surface area contributed by atoms with Crippen LogP contribution in [-0.4, -0.2) is 35.5 Å². The van der Waals surface area contributed by atoms with Crippen LogP contribution in [0.5, 0.6) is 0 Å². The van der Waals surface area contributed by atoms with E-state index < -0.39 is 18.5 Å². The van der Waals surface area contributed by atoms with E-state index in [1.54, 1.807) is 12.1 Å². The summed E-state index contributed by atoms with van der Waals surface area (Å²) in [6.45, 7) is 5.32. The molecule has 1 saturated carbocycles. The molecule has 0 unspecified atom stereocenters. The van der Waals surface area contributed by atoms with Gasteiger partial charge in [-0.25, -0.2) is 0 Å². The van der Waals surface area contributed by atoms with Crippen molar-refractivity contribution in [3.8, 4) is 6.07 Å². The standard InChI is InChI=1S/C25H30N4O4/c1-16-8-4-7-11-20(16)25(32)27-13-12-23(31)33-15-22(30)28-24-21(14-26)17(2)18(3)29(24)19-9-5-6-10-19/h4,7-8,11,19H,5-6,9-10,12-13,15H2,1-3H3,(H,27,32)(H,28,30). The quantitative estimate of drug-likeness (QED) is 0.596. The lowest BCUT2D eigenvalue weighted by Gasteiger charge is -2.19. The zero-order valence-corrected chi connectivity index (χ0v) is 19.4. The van der Waals surface area contributed by atoms with Gasteiger partial charge in [0.25, 0.3) is 11.8 Å². The number of nitrogens with one attached hydrogen (secondary N) is 2. The van der Waals surface area contributed by atoms with Crippen LogP contribution in [0.25, 0.3) is 0 Å². The van der Waals surface area contributed by atoms with Gasteiger partial charge in [0.05, 0.1) is 12.0 Å². The van der Waals surface area contributed by atoms with Crippen molar-refractivity contribution < 1.29 is 19.1 Å². The van der Waals surface area contributed by atoms with Gasteiger partial charge in [-0.3, -0.25) is 14.4 Å². The first kappa shape index (κ1) is 24.1. The summed E-state index contributed by atoms with van der Waals surface area (Å²) in [5.74, 6) is -0.873. The molecule has 3 rings (SSSR count). The van der Waals surface area contributed by atoms with E-state index in [0.29, 0.717) is 16.9 Å². The van der Waals surface area contributed by atoms with Crippen molar-refractivity contribution in [2.75, 3.05) is 18.5 Å². The molecule has 8 nitrogen and oxygen atoms in total. The summed E-state index contributed by atoms with van der Waals surface area (Å²) >= 11 is 0. The van der Waals surface area contributed by atoms with Crippen LogP contribution in [0.2, 0.25) is 0 Å². The number of aryl methyl sites for hydroxylation is 1. The second kappa shape index (κ2) is 10.8. The van der Waals surface area contributed by atoms with Crippen molar-refractivity contribution in [3.63, 3.8) is 0 Å². The Bertz CT molecular complexity index is 1090. The van der Waals surface area contributed by atoms with Crippen molar-refractivity contribution in [3.05, 3.63) is 52.2 Å². The van der Waals surface area contributed by atoms with Crippen molar-refractivity contribution in [2.45, 2.75) is 58.9 Å². The number of nitrogens with zero attached hydrogens (tertiary/aromatic N) is 2. The van der Waals surface area contributed by atoms with Crippen LogP contribution in [0, 0.1) is 32.1 Å². The first-order chi connectivity index (χ1) is 15.8. The van der Waals surface area contributed by atoms with Gasteiger partial charge in [-0.05, 0) is 50.8 Å². The monoisotopic (exact) mass is 450 g/mol. The largest absolute Gasteiger partial charge is 0.456 e. The predicted octanol–water partition coefficient (Wildman–Crippen LogP) is 3.70. The Kier molecular flexibility index (Phi) is 7.88. The molecule has 1 aliphatic carbocycles. The Morgan fingerprint density at radius 3 is 2.52 bits per heavy atom. The van der Waals surface area contributed by atoms with Gasteiger partial charge in [0.1, 0.15) is 11.9 Å². The molecule has 0 saturated heterocycles. The molecule has 2 N–H and O–H groups in total. The molecule has 1 heterocycles. The van der Waals surface area contributed by atoms with E-state index in [4.69, 9.17) is 4.74 Å². The summed E-state index contributed by atoms with van der Waals surface area (Å²) in [5, 5.41) is 15.1. The molecule has 1 aromatic carbocycles. The summed E-state index contributed by atoms with van der Waals surface area (Å²) in [6, 6.07) is 9.62. The molecule has 1 fully saturated rings. The van der Waals surface area contributed by atoms with E-state index in [9.17, 15) is 19.6 Å².